The van der Waals surface area contributed by atoms with Crippen LogP contribution in [0.3, 0.4) is 0 Å². The van der Waals surface area contributed by atoms with E-state index in [0.717, 1.165) is 29.0 Å². The van der Waals surface area contributed by atoms with E-state index in [1.807, 2.05) is 6.07 Å². The van der Waals surface area contributed by atoms with E-state index in [4.69, 9.17) is 0 Å². The zero-order chi connectivity index (χ0) is 27.7. The Kier molecular flexibility index (Phi) is 8.49. The molecule has 2 aliphatic rings. The van der Waals surface area contributed by atoms with Crippen LogP contribution in [0.2, 0.25) is 0 Å². The fraction of sp³-hybridized carbons (Fsp3) is 0.556. The molecule has 11 heteroatoms. The maximum absolute atomic E-state index is 12.9. The third-order valence-electron chi connectivity index (χ3n) is 7.49. The molecule has 0 bridgehead atoms. The van der Waals surface area contributed by atoms with Gasteiger partial charge in [0.1, 0.15) is 0 Å². The van der Waals surface area contributed by atoms with E-state index in [9.17, 15) is 26.4 Å². The molecule has 1 saturated heterocycles. The molecule has 1 fully saturated rings. The third-order valence-corrected chi connectivity index (χ3v) is 9.37. The van der Waals surface area contributed by atoms with E-state index in [-0.39, 0.29) is 29.5 Å². The Hall–Kier alpha value is -2.50. The minimum absolute atomic E-state index is 0.00557. The highest BCUT2D eigenvalue weighted by molar-refractivity contribution is 7.89. The number of nitrogens with one attached hydrogen (secondary N) is 1. The molecule has 1 unspecified atom stereocenters. The van der Waals surface area contributed by atoms with Crippen LogP contribution in [0.5, 0.6) is 0 Å². The summed E-state index contributed by atoms with van der Waals surface area (Å²) in [6.45, 7) is 8.26. The fourth-order valence-corrected chi connectivity index (χ4v) is 6.50. The van der Waals surface area contributed by atoms with Crippen molar-refractivity contribution in [3.63, 3.8) is 0 Å². The van der Waals surface area contributed by atoms with Crippen molar-refractivity contribution >= 4 is 15.9 Å². The number of sulfonamides is 1. The monoisotopic (exact) mass is 552 g/mol. The number of nitrogens with zero attached hydrogens (tertiary/aromatic N) is 3. The first kappa shape index (κ1) is 28.5. The molecule has 208 valence electrons. The molecule has 38 heavy (non-hydrogen) atoms. The van der Waals surface area contributed by atoms with Gasteiger partial charge in [0, 0.05) is 38.9 Å². The first-order valence-electron chi connectivity index (χ1n) is 13.0. The van der Waals surface area contributed by atoms with E-state index in [0.29, 0.717) is 51.1 Å². The first-order valence-corrected chi connectivity index (χ1v) is 14.6. The van der Waals surface area contributed by atoms with Gasteiger partial charge in [0.2, 0.25) is 10.0 Å². The molecule has 0 saturated carbocycles. The number of aromatic nitrogens is 1. The van der Waals surface area contributed by atoms with Gasteiger partial charge in [-0.25, -0.2) is 12.7 Å². The van der Waals surface area contributed by atoms with Crippen LogP contribution in [0.4, 0.5) is 13.2 Å². The molecule has 4 rings (SSSR count). The highest BCUT2D eigenvalue weighted by Crippen LogP contribution is 2.39. The molecule has 3 heterocycles. The maximum Gasteiger partial charge on any atom is 0.416 e. The van der Waals surface area contributed by atoms with Gasteiger partial charge in [-0.15, -0.1) is 0 Å². The Bertz CT molecular complexity index is 1240. The summed E-state index contributed by atoms with van der Waals surface area (Å²) in [7, 11) is -3.18. The van der Waals surface area contributed by atoms with Crippen molar-refractivity contribution in [2.45, 2.75) is 58.9 Å². The van der Waals surface area contributed by atoms with Gasteiger partial charge in [-0.2, -0.15) is 13.2 Å². The minimum atomic E-state index is -4.36. The Labute approximate surface area is 222 Å². The summed E-state index contributed by atoms with van der Waals surface area (Å²) < 4.78 is 64.4. The topological polar surface area (TPSA) is 82.6 Å². The maximum atomic E-state index is 12.9. The van der Waals surface area contributed by atoms with Gasteiger partial charge >= 0.3 is 6.18 Å². The number of pyridine rings is 1. The molecule has 1 atom stereocenters. The number of rotatable bonds is 8. The van der Waals surface area contributed by atoms with Crippen LogP contribution < -0.4 is 5.32 Å². The lowest BCUT2D eigenvalue weighted by atomic mass is 9.98. The summed E-state index contributed by atoms with van der Waals surface area (Å²) in [6, 6.07) is 7.09. The second kappa shape index (κ2) is 11.3. The van der Waals surface area contributed by atoms with Crippen LogP contribution in [0, 0.1) is 11.8 Å². The smallest absolute Gasteiger partial charge is 0.352 e. The van der Waals surface area contributed by atoms with Gasteiger partial charge in [0.05, 0.1) is 28.6 Å². The van der Waals surface area contributed by atoms with Gasteiger partial charge < -0.3 is 5.32 Å². The molecule has 2 aliphatic heterocycles. The number of fused-ring (bicyclic) bond motifs is 1. The summed E-state index contributed by atoms with van der Waals surface area (Å²) in [4.78, 5) is 19.7. The number of amides is 1. The third kappa shape index (κ3) is 6.38. The number of hydrogen-bond donors (Lipinski definition) is 1. The predicted molar refractivity (Wildman–Crippen MR) is 139 cm³/mol. The quantitative estimate of drug-likeness (QED) is 0.518. The molecular formula is C27H35F3N4O3S. The van der Waals surface area contributed by atoms with Crippen molar-refractivity contribution in [3.05, 3.63) is 64.5 Å². The summed E-state index contributed by atoms with van der Waals surface area (Å²) in [5.74, 6) is 0.319. The second-order valence-corrected chi connectivity index (χ2v) is 12.8. The van der Waals surface area contributed by atoms with E-state index in [2.05, 4.69) is 29.0 Å². The molecule has 7 nitrogen and oxygen atoms in total. The van der Waals surface area contributed by atoms with Gasteiger partial charge in [-0.05, 0) is 60.9 Å². The molecule has 1 aromatic heterocycles. The van der Waals surface area contributed by atoms with E-state index < -0.39 is 21.8 Å². The molecule has 0 radical (unpaired) electrons. The minimum Gasteiger partial charge on any atom is -0.352 e. The molecule has 0 aliphatic carbocycles. The van der Waals surface area contributed by atoms with Crippen molar-refractivity contribution in [2.75, 3.05) is 25.4 Å². The van der Waals surface area contributed by atoms with E-state index in [1.54, 1.807) is 13.1 Å². The molecular weight excluding hydrogens is 517 g/mol. The lowest BCUT2D eigenvalue weighted by molar-refractivity contribution is -0.137. The number of alkyl halides is 3. The molecule has 0 spiro atoms. The average Bonchev–Trinajstić information content (AvgIpc) is 3.24. The Morgan fingerprint density at radius 2 is 1.82 bits per heavy atom. The number of carbonyl (C=O) groups is 1. The standard InChI is InChI=1S/C27H35F3N4O3S/c1-4-38(36,37)34-11-9-19(10-12-34)14-32-26(35)21-13-22-17-33(25(18(2)3)24(22)31-15-21)16-20-5-7-23(8-6-20)27(28,29)30/h5-8,13,15,18-19,25H,4,9-12,14,16-17H2,1-3H3,(H,32,35). The Balaban J connectivity index is 1.38. The van der Waals surface area contributed by atoms with Gasteiger partial charge in [0.25, 0.3) is 5.91 Å². The highest BCUT2D eigenvalue weighted by atomic mass is 32.2. The summed E-state index contributed by atoms with van der Waals surface area (Å²) >= 11 is 0. The molecule has 1 aromatic carbocycles. The van der Waals surface area contributed by atoms with Crippen molar-refractivity contribution in [2.24, 2.45) is 11.8 Å². The number of piperidine rings is 1. The highest BCUT2D eigenvalue weighted by Gasteiger charge is 2.35. The van der Waals surface area contributed by atoms with Crippen molar-refractivity contribution in [1.29, 1.82) is 0 Å². The van der Waals surface area contributed by atoms with Crippen LogP contribution >= 0.6 is 0 Å². The zero-order valence-electron chi connectivity index (χ0n) is 22.0. The number of hydrogen-bond acceptors (Lipinski definition) is 5. The lowest BCUT2D eigenvalue weighted by Gasteiger charge is -2.31. The molecule has 1 amide bonds. The van der Waals surface area contributed by atoms with Crippen LogP contribution in [0.15, 0.2) is 36.5 Å². The Morgan fingerprint density at radius 3 is 2.39 bits per heavy atom. The SMILES string of the molecule is CCS(=O)(=O)N1CCC(CNC(=O)c2cnc3c(c2)CN(Cc2ccc(C(F)(F)F)cc2)C3C(C)C)CC1. The molecule has 1 N–H and O–H groups in total. The lowest BCUT2D eigenvalue weighted by Crippen LogP contribution is -2.42. The normalized spacial score (nSPS) is 19.6. The predicted octanol–water partition coefficient (Wildman–Crippen LogP) is 4.60. The van der Waals surface area contributed by atoms with E-state index >= 15 is 0 Å². The summed E-state index contributed by atoms with van der Waals surface area (Å²) in [5.41, 5.74) is 2.43. The van der Waals surface area contributed by atoms with Crippen LogP contribution in [0.25, 0.3) is 0 Å². The number of carbonyl (C=O) groups excluding carboxylic acids is 1. The summed E-state index contributed by atoms with van der Waals surface area (Å²) in [6.07, 6.45) is -1.37. The van der Waals surface area contributed by atoms with Crippen LogP contribution in [-0.4, -0.2) is 53.9 Å². The van der Waals surface area contributed by atoms with Crippen LogP contribution in [-0.2, 0) is 29.3 Å². The van der Waals surface area contributed by atoms with Gasteiger partial charge in [0.15, 0.2) is 0 Å². The Morgan fingerprint density at radius 1 is 1.16 bits per heavy atom. The fourth-order valence-electron chi connectivity index (χ4n) is 5.37. The largest absolute Gasteiger partial charge is 0.416 e. The zero-order valence-corrected chi connectivity index (χ0v) is 22.8. The summed E-state index contributed by atoms with van der Waals surface area (Å²) in [5, 5.41) is 2.98. The van der Waals surface area contributed by atoms with E-state index in [1.165, 1.54) is 16.4 Å². The van der Waals surface area contributed by atoms with Crippen molar-refractivity contribution in [3.8, 4) is 0 Å². The average molecular weight is 553 g/mol. The van der Waals surface area contributed by atoms with Crippen molar-refractivity contribution in [1.82, 2.24) is 19.5 Å². The van der Waals surface area contributed by atoms with Gasteiger partial charge in [-0.1, -0.05) is 26.0 Å². The molecule has 2 aromatic rings. The van der Waals surface area contributed by atoms with Crippen molar-refractivity contribution < 1.29 is 26.4 Å². The second-order valence-electron chi connectivity index (χ2n) is 10.5. The van der Waals surface area contributed by atoms with Crippen LogP contribution in [0.1, 0.15) is 72.4 Å². The number of benzene rings is 1. The first-order chi connectivity index (χ1) is 17.9. The van der Waals surface area contributed by atoms with Gasteiger partial charge in [-0.3, -0.25) is 14.7 Å². The number of halogens is 3.